The maximum atomic E-state index is 12.3. The van der Waals surface area contributed by atoms with Gasteiger partial charge in [-0.1, -0.05) is 17.7 Å². The number of guanidine groups is 1. The van der Waals surface area contributed by atoms with Crippen LogP contribution in [-0.2, 0) is 15.6 Å². The lowest BCUT2D eigenvalue weighted by Crippen LogP contribution is -2.50. The maximum absolute atomic E-state index is 12.3. The Morgan fingerprint density at radius 1 is 1.26 bits per heavy atom. The van der Waals surface area contributed by atoms with E-state index in [-0.39, 0.29) is 23.4 Å². The molecule has 1 aliphatic heterocycles. The molecule has 1 aromatic carbocycles. The highest BCUT2D eigenvalue weighted by molar-refractivity contribution is 7.89. The molecular weight excluding hydrogens is 390 g/mol. The molecule has 1 amide bonds. The number of carbonyl (C=O) groups excluding carboxylic acids is 1. The first-order valence-corrected chi connectivity index (χ1v) is 9.96. The van der Waals surface area contributed by atoms with Crippen LogP contribution in [0, 0.1) is 0 Å². The van der Waals surface area contributed by atoms with E-state index in [9.17, 15) is 13.2 Å². The maximum Gasteiger partial charge on any atom is 0.256 e. The molecule has 2 aromatic rings. The molecule has 1 unspecified atom stereocenters. The van der Waals surface area contributed by atoms with Crippen LogP contribution in [0.2, 0.25) is 5.02 Å². The molecule has 0 spiro atoms. The highest BCUT2D eigenvalue weighted by Crippen LogP contribution is 2.31. The Hall–Kier alpha value is -2.65. The highest BCUT2D eigenvalue weighted by Gasteiger charge is 2.41. The number of nitrogens with two attached hydrogens (primary N) is 1. The van der Waals surface area contributed by atoms with Crippen molar-refractivity contribution in [3.63, 3.8) is 0 Å². The summed E-state index contributed by atoms with van der Waals surface area (Å²) in [5, 5.41) is 3.21. The van der Waals surface area contributed by atoms with Crippen LogP contribution in [0.15, 0.2) is 47.5 Å². The second-order valence-electron chi connectivity index (χ2n) is 6.34. The van der Waals surface area contributed by atoms with Gasteiger partial charge in [-0.25, -0.2) is 22.7 Å². The molecule has 0 bridgehead atoms. The molecule has 0 saturated carbocycles. The molecule has 3 N–H and O–H groups in total. The topological polar surface area (TPSA) is 118 Å². The minimum absolute atomic E-state index is 0.110. The Kier molecular flexibility index (Phi) is 4.83. The molecule has 3 rings (SSSR count). The molecule has 2 heterocycles. The summed E-state index contributed by atoms with van der Waals surface area (Å²) >= 11 is 5.82. The van der Waals surface area contributed by atoms with E-state index >= 15 is 0 Å². The summed E-state index contributed by atoms with van der Waals surface area (Å²) < 4.78 is 25.6. The Morgan fingerprint density at radius 2 is 1.93 bits per heavy atom. The summed E-state index contributed by atoms with van der Waals surface area (Å²) in [7, 11) is -2.26. The van der Waals surface area contributed by atoms with Crippen LogP contribution in [0.4, 0.5) is 5.82 Å². The monoisotopic (exact) mass is 407 g/mol. The van der Waals surface area contributed by atoms with Gasteiger partial charge >= 0.3 is 0 Å². The molecule has 10 heteroatoms. The molecule has 27 heavy (non-hydrogen) atoms. The molecule has 8 nitrogen and oxygen atoms in total. The lowest BCUT2D eigenvalue weighted by Gasteiger charge is -2.33. The number of hydrogen-bond donors (Lipinski definition) is 2. The van der Waals surface area contributed by atoms with E-state index < -0.39 is 15.6 Å². The predicted molar refractivity (Wildman–Crippen MR) is 104 cm³/mol. The molecule has 1 aromatic heterocycles. The average molecular weight is 408 g/mol. The van der Waals surface area contributed by atoms with Crippen LogP contribution in [0.3, 0.4) is 0 Å². The lowest BCUT2D eigenvalue weighted by atomic mass is 10.0. The number of anilines is 1. The minimum atomic E-state index is -3.61. The van der Waals surface area contributed by atoms with Gasteiger partial charge in [0, 0.05) is 17.6 Å². The Bertz CT molecular complexity index is 1020. The van der Waals surface area contributed by atoms with E-state index in [4.69, 9.17) is 17.3 Å². The van der Waals surface area contributed by atoms with Crippen molar-refractivity contribution in [1.82, 2.24) is 9.29 Å². The van der Waals surface area contributed by atoms with E-state index in [1.54, 1.807) is 49.4 Å². The summed E-state index contributed by atoms with van der Waals surface area (Å²) in [6.45, 7) is 1.64. The van der Waals surface area contributed by atoms with Gasteiger partial charge in [-0.2, -0.15) is 0 Å². The fourth-order valence-electron chi connectivity index (χ4n) is 2.68. The highest BCUT2D eigenvalue weighted by atomic mass is 35.5. The molecule has 1 atom stereocenters. The third-order valence-electron chi connectivity index (χ3n) is 4.21. The van der Waals surface area contributed by atoms with Gasteiger partial charge < -0.3 is 11.1 Å². The third kappa shape index (κ3) is 3.88. The van der Waals surface area contributed by atoms with Crippen molar-refractivity contribution in [3.8, 4) is 0 Å². The predicted octanol–water partition coefficient (Wildman–Crippen LogP) is 1.79. The zero-order chi connectivity index (χ0) is 19.8. The van der Waals surface area contributed by atoms with Crippen molar-refractivity contribution in [1.29, 1.82) is 0 Å². The summed E-state index contributed by atoms with van der Waals surface area (Å²) in [6.07, 6.45) is 0. The van der Waals surface area contributed by atoms with Crippen molar-refractivity contribution in [2.45, 2.75) is 12.5 Å². The Balaban J connectivity index is 1.89. The zero-order valence-corrected chi connectivity index (χ0v) is 16.3. The summed E-state index contributed by atoms with van der Waals surface area (Å²) in [5.74, 6) is -0.473. The average Bonchev–Trinajstić information content (AvgIpc) is 2.60. The first-order valence-electron chi connectivity index (χ1n) is 7.97. The normalized spacial score (nSPS) is 21.4. The largest absolute Gasteiger partial charge is 0.369 e. The number of carbonyl (C=O) groups is 1. The Labute approximate surface area is 162 Å². The SMILES string of the molecule is CN1C(N)=NC(C)(c2cccc(NC(=O)c3ccc(Cl)cc3)n2)CS1(=O)=O. The van der Waals surface area contributed by atoms with E-state index in [0.717, 1.165) is 4.31 Å². The quantitative estimate of drug-likeness (QED) is 0.804. The molecule has 0 fully saturated rings. The van der Waals surface area contributed by atoms with Crippen molar-refractivity contribution in [3.05, 3.63) is 58.7 Å². The van der Waals surface area contributed by atoms with Crippen LogP contribution in [-0.4, -0.2) is 42.4 Å². The number of hydrogen-bond acceptors (Lipinski definition) is 6. The van der Waals surface area contributed by atoms with Gasteiger partial charge in [-0.15, -0.1) is 0 Å². The van der Waals surface area contributed by atoms with Gasteiger partial charge in [0.1, 0.15) is 17.1 Å². The van der Waals surface area contributed by atoms with Crippen LogP contribution < -0.4 is 11.1 Å². The van der Waals surface area contributed by atoms with Crippen LogP contribution in [0.1, 0.15) is 23.0 Å². The van der Waals surface area contributed by atoms with Crippen molar-refractivity contribution in [2.24, 2.45) is 10.7 Å². The van der Waals surface area contributed by atoms with Crippen LogP contribution in [0.25, 0.3) is 0 Å². The Morgan fingerprint density at radius 3 is 2.56 bits per heavy atom. The van der Waals surface area contributed by atoms with Crippen molar-refractivity contribution < 1.29 is 13.2 Å². The fraction of sp³-hybridized carbons (Fsp3) is 0.235. The lowest BCUT2D eigenvalue weighted by molar-refractivity contribution is 0.102. The van der Waals surface area contributed by atoms with Gasteiger partial charge in [0.25, 0.3) is 5.91 Å². The van der Waals surface area contributed by atoms with E-state index in [0.29, 0.717) is 16.3 Å². The number of nitrogens with one attached hydrogen (secondary N) is 1. The molecule has 142 valence electrons. The van der Waals surface area contributed by atoms with E-state index in [2.05, 4.69) is 15.3 Å². The van der Waals surface area contributed by atoms with Crippen molar-refractivity contribution in [2.75, 3.05) is 18.1 Å². The second kappa shape index (κ2) is 6.82. The molecule has 0 saturated heterocycles. The number of nitrogens with zero attached hydrogens (tertiary/aromatic N) is 3. The second-order valence-corrected chi connectivity index (χ2v) is 8.77. The molecule has 0 radical (unpaired) electrons. The molecule has 1 aliphatic rings. The number of halogens is 1. The molecule has 0 aliphatic carbocycles. The van der Waals surface area contributed by atoms with Gasteiger partial charge in [0.05, 0.1) is 5.69 Å². The number of aliphatic imine (C=N–C) groups is 1. The van der Waals surface area contributed by atoms with Crippen molar-refractivity contribution >= 4 is 39.3 Å². The van der Waals surface area contributed by atoms with Gasteiger partial charge in [0.2, 0.25) is 16.0 Å². The molecular formula is C17H18ClN5O3S. The first kappa shape index (κ1) is 19.1. The van der Waals surface area contributed by atoms with E-state index in [1.807, 2.05) is 0 Å². The number of rotatable bonds is 3. The number of aromatic nitrogens is 1. The fourth-order valence-corrected chi connectivity index (χ4v) is 4.24. The summed E-state index contributed by atoms with van der Waals surface area (Å²) in [6, 6.07) is 11.3. The number of sulfonamides is 1. The standard InChI is InChI=1S/C17H18ClN5O3S/c1-17(10-27(25,26)23(2)16(19)22-17)13-4-3-5-14(20-13)21-15(24)11-6-8-12(18)9-7-11/h3-9H,10H2,1-2H3,(H2,19,22)(H,20,21,24). The summed E-state index contributed by atoms with van der Waals surface area (Å²) in [5.41, 5.74) is 5.41. The smallest absolute Gasteiger partial charge is 0.256 e. The van der Waals surface area contributed by atoms with Crippen LogP contribution >= 0.6 is 11.6 Å². The van der Waals surface area contributed by atoms with Gasteiger partial charge in [0.15, 0.2) is 0 Å². The number of benzene rings is 1. The number of pyridine rings is 1. The van der Waals surface area contributed by atoms with Gasteiger partial charge in [-0.3, -0.25) is 4.79 Å². The van der Waals surface area contributed by atoms with E-state index in [1.165, 1.54) is 7.05 Å². The zero-order valence-electron chi connectivity index (χ0n) is 14.7. The summed E-state index contributed by atoms with van der Waals surface area (Å²) in [4.78, 5) is 21.0. The van der Waals surface area contributed by atoms with Gasteiger partial charge in [-0.05, 0) is 43.3 Å². The first-order chi connectivity index (χ1) is 12.6. The number of amides is 1. The third-order valence-corrected chi connectivity index (χ3v) is 6.41. The van der Waals surface area contributed by atoms with Crippen LogP contribution in [0.5, 0.6) is 0 Å². The minimum Gasteiger partial charge on any atom is -0.369 e.